The highest BCUT2D eigenvalue weighted by Crippen LogP contribution is 2.25. The molecular weight excluding hydrogens is 238 g/mol. The van der Waals surface area contributed by atoms with Crippen LogP contribution in [0.15, 0.2) is 18.2 Å². The van der Waals surface area contributed by atoms with Crippen molar-refractivity contribution < 1.29 is 19.2 Å². The predicted octanol–water partition coefficient (Wildman–Crippen LogP) is 2.36. The van der Waals surface area contributed by atoms with Crippen molar-refractivity contribution >= 4 is 17.4 Å². The largest absolute Gasteiger partial charge is 0.462 e. The van der Waals surface area contributed by atoms with Crippen molar-refractivity contribution in [2.45, 2.75) is 20.3 Å². The number of ketones is 1. The summed E-state index contributed by atoms with van der Waals surface area (Å²) in [7, 11) is 0. The predicted molar refractivity (Wildman–Crippen MR) is 63.7 cm³/mol. The van der Waals surface area contributed by atoms with E-state index in [9.17, 15) is 19.7 Å². The molecule has 0 unspecified atom stereocenters. The molecule has 0 saturated heterocycles. The van der Waals surface area contributed by atoms with Crippen LogP contribution in [0.2, 0.25) is 0 Å². The van der Waals surface area contributed by atoms with E-state index in [4.69, 9.17) is 4.74 Å². The van der Waals surface area contributed by atoms with Gasteiger partial charge in [-0.15, -0.1) is 0 Å². The summed E-state index contributed by atoms with van der Waals surface area (Å²) in [5.74, 6) is -1.18. The van der Waals surface area contributed by atoms with Gasteiger partial charge in [0.1, 0.15) is 5.56 Å². The third-order valence-electron chi connectivity index (χ3n) is 2.34. The van der Waals surface area contributed by atoms with Gasteiger partial charge < -0.3 is 4.74 Å². The average Bonchev–Trinajstić information content (AvgIpc) is 2.37. The van der Waals surface area contributed by atoms with Gasteiger partial charge in [0.25, 0.3) is 5.69 Å². The van der Waals surface area contributed by atoms with E-state index in [0.717, 1.165) is 0 Å². The van der Waals surface area contributed by atoms with Crippen LogP contribution in [0.4, 0.5) is 5.69 Å². The third kappa shape index (κ3) is 2.71. The van der Waals surface area contributed by atoms with Gasteiger partial charge in [-0.05, 0) is 19.1 Å². The molecule has 0 radical (unpaired) electrons. The molecular formula is C12H13NO5. The Morgan fingerprint density at radius 2 is 1.89 bits per heavy atom. The number of esters is 1. The van der Waals surface area contributed by atoms with Crippen molar-refractivity contribution in [3.63, 3.8) is 0 Å². The topological polar surface area (TPSA) is 86.5 Å². The molecule has 0 spiro atoms. The Hall–Kier alpha value is -2.24. The molecule has 6 nitrogen and oxygen atoms in total. The van der Waals surface area contributed by atoms with Crippen molar-refractivity contribution in [1.82, 2.24) is 0 Å². The lowest BCUT2D eigenvalue weighted by atomic mass is 10.0. The minimum atomic E-state index is -0.796. The Morgan fingerprint density at radius 1 is 1.28 bits per heavy atom. The molecule has 0 aliphatic heterocycles. The molecule has 0 saturated carbocycles. The van der Waals surface area contributed by atoms with E-state index in [1.165, 1.54) is 18.2 Å². The second-order valence-electron chi connectivity index (χ2n) is 3.46. The molecule has 0 aliphatic carbocycles. The van der Waals surface area contributed by atoms with Crippen molar-refractivity contribution in [2.24, 2.45) is 0 Å². The summed E-state index contributed by atoms with van der Waals surface area (Å²) < 4.78 is 4.73. The highest BCUT2D eigenvalue weighted by molar-refractivity contribution is 6.05. The van der Waals surface area contributed by atoms with Crippen molar-refractivity contribution in [3.05, 3.63) is 39.4 Å². The normalized spacial score (nSPS) is 9.89. The van der Waals surface area contributed by atoms with E-state index in [2.05, 4.69) is 0 Å². The second kappa shape index (κ2) is 5.90. The quantitative estimate of drug-likeness (QED) is 0.347. The van der Waals surface area contributed by atoms with E-state index in [0.29, 0.717) is 0 Å². The smallest absolute Gasteiger partial charge is 0.345 e. The van der Waals surface area contributed by atoms with Crippen LogP contribution in [-0.4, -0.2) is 23.3 Å². The van der Waals surface area contributed by atoms with E-state index in [-0.39, 0.29) is 29.9 Å². The van der Waals surface area contributed by atoms with E-state index in [1.54, 1.807) is 13.8 Å². The van der Waals surface area contributed by atoms with E-state index < -0.39 is 16.6 Å². The lowest BCUT2D eigenvalue weighted by molar-refractivity contribution is -0.385. The number of nitro benzene ring substituents is 1. The average molecular weight is 251 g/mol. The number of para-hydroxylation sites is 1. The summed E-state index contributed by atoms with van der Waals surface area (Å²) in [5.41, 5.74) is -0.739. The molecule has 0 aliphatic rings. The summed E-state index contributed by atoms with van der Waals surface area (Å²) in [4.78, 5) is 33.5. The number of rotatable bonds is 5. The van der Waals surface area contributed by atoms with E-state index >= 15 is 0 Å². The maximum Gasteiger partial charge on any atom is 0.345 e. The Kier molecular flexibility index (Phi) is 4.53. The number of carbonyl (C=O) groups excluding carboxylic acids is 2. The molecule has 1 rings (SSSR count). The molecule has 1 aromatic carbocycles. The van der Waals surface area contributed by atoms with Crippen LogP contribution in [-0.2, 0) is 4.74 Å². The van der Waals surface area contributed by atoms with Crippen molar-refractivity contribution in [1.29, 1.82) is 0 Å². The first kappa shape index (κ1) is 13.8. The minimum absolute atomic E-state index is 0.0620. The zero-order valence-electron chi connectivity index (χ0n) is 10.1. The number of carbonyl (C=O) groups is 2. The van der Waals surface area contributed by atoms with Crippen LogP contribution < -0.4 is 0 Å². The van der Waals surface area contributed by atoms with Gasteiger partial charge in [-0.25, -0.2) is 4.79 Å². The summed E-state index contributed by atoms with van der Waals surface area (Å²) in [6.45, 7) is 3.32. The van der Waals surface area contributed by atoms with Crippen LogP contribution in [0.1, 0.15) is 41.0 Å². The van der Waals surface area contributed by atoms with Gasteiger partial charge in [0, 0.05) is 6.42 Å². The highest BCUT2D eigenvalue weighted by atomic mass is 16.6. The molecule has 1 aromatic rings. The lowest BCUT2D eigenvalue weighted by Crippen LogP contribution is -2.11. The zero-order valence-corrected chi connectivity index (χ0v) is 10.1. The Balaban J connectivity index is 3.39. The molecule has 0 fully saturated rings. The van der Waals surface area contributed by atoms with Gasteiger partial charge in [0.15, 0.2) is 5.78 Å². The molecule has 6 heteroatoms. The summed E-state index contributed by atoms with van der Waals surface area (Å²) >= 11 is 0. The van der Waals surface area contributed by atoms with Gasteiger partial charge in [0.05, 0.1) is 17.1 Å². The summed E-state index contributed by atoms with van der Waals surface area (Å²) in [5, 5.41) is 11.0. The number of nitrogens with zero attached hydrogens (tertiary/aromatic N) is 1. The van der Waals surface area contributed by atoms with Gasteiger partial charge >= 0.3 is 5.97 Å². The van der Waals surface area contributed by atoms with E-state index in [1.807, 2.05) is 0 Å². The Morgan fingerprint density at radius 3 is 2.39 bits per heavy atom. The Bertz CT molecular complexity index is 495. The van der Waals surface area contributed by atoms with Crippen LogP contribution >= 0.6 is 0 Å². The van der Waals surface area contributed by atoms with Gasteiger partial charge in [-0.1, -0.05) is 13.0 Å². The monoisotopic (exact) mass is 251 g/mol. The van der Waals surface area contributed by atoms with Gasteiger partial charge in [-0.2, -0.15) is 0 Å². The fourth-order valence-corrected chi connectivity index (χ4v) is 1.53. The maximum atomic E-state index is 11.6. The standard InChI is InChI=1S/C12H13NO5/c1-3-10(14)8-6-5-7-9(11(8)13(16)17)12(15)18-4-2/h5-7H,3-4H2,1-2H3. The molecule has 0 heterocycles. The Labute approximate surface area is 104 Å². The number of nitro groups is 1. The number of ether oxygens (including phenoxy) is 1. The van der Waals surface area contributed by atoms with Gasteiger partial charge in [-0.3, -0.25) is 14.9 Å². The van der Waals surface area contributed by atoms with Crippen LogP contribution in [0.3, 0.4) is 0 Å². The first-order chi connectivity index (χ1) is 8.52. The van der Waals surface area contributed by atoms with Crippen molar-refractivity contribution in [3.8, 4) is 0 Å². The van der Waals surface area contributed by atoms with Gasteiger partial charge in [0.2, 0.25) is 0 Å². The first-order valence-corrected chi connectivity index (χ1v) is 5.50. The number of hydrogen-bond acceptors (Lipinski definition) is 5. The molecule has 18 heavy (non-hydrogen) atoms. The molecule has 0 amide bonds. The fraction of sp³-hybridized carbons (Fsp3) is 0.333. The third-order valence-corrected chi connectivity index (χ3v) is 2.34. The SMILES string of the molecule is CCOC(=O)c1cccc(C(=O)CC)c1[N+](=O)[O-]. The molecule has 0 N–H and O–H groups in total. The maximum absolute atomic E-state index is 11.6. The number of Topliss-reactive ketones (excluding diaryl/α,β-unsaturated/α-hetero) is 1. The molecule has 0 atom stereocenters. The number of benzene rings is 1. The molecule has 0 bridgehead atoms. The lowest BCUT2D eigenvalue weighted by Gasteiger charge is -2.06. The van der Waals surface area contributed by atoms with Crippen molar-refractivity contribution in [2.75, 3.05) is 6.61 Å². The first-order valence-electron chi connectivity index (χ1n) is 5.50. The zero-order chi connectivity index (χ0) is 13.7. The summed E-state index contributed by atoms with van der Waals surface area (Å²) in [6.07, 6.45) is 0.132. The van der Waals surface area contributed by atoms with Crippen LogP contribution in [0, 0.1) is 10.1 Å². The van der Waals surface area contributed by atoms with Crippen LogP contribution in [0.25, 0.3) is 0 Å². The fourth-order valence-electron chi connectivity index (χ4n) is 1.53. The van der Waals surface area contributed by atoms with Crippen LogP contribution in [0.5, 0.6) is 0 Å². The molecule has 0 aromatic heterocycles. The summed E-state index contributed by atoms with van der Waals surface area (Å²) in [6, 6.07) is 4.05. The second-order valence-corrected chi connectivity index (χ2v) is 3.46. The highest BCUT2D eigenvalue weighted by Gasteiger charge is 2.27. The number of hydrogen-bond donors (Lipinski definition) is 0. The minimum Gasteiger partial charge on any atom is -0.462 e. The molecule has 96 valence electrons.